The molecule has 2 rings (SSSR count). The standard InChI is InChI=1S/C14H16N2O4S/c1-21(18,19)16(12-6-3-2-4-7-12)10-9-15-14(17)13-8-5-11-20-13/h2-8,11H,9-10H2,1H3,(H,15,17). The minimum Gasteiger partial charge on any atom is -0.459 e. The van der Waals surface area contributed by atoms with Crippen LogP contribution < -0.4 is 9.62 Å². The van der Waals surface area contributed by atoms with Gasteiger partial charge in [-0.1, -0.05) is 18.2 Å². The van der Waals surface area contributed by atoms with Crippen LogP contribution in [0.3, 0.4) is 0 Å². The lowest BCUT2D eigenvalue weighted by Gasteiger charge is -2.22. The highest BCUT2D eigenvalue weighted by molar-refractivity contribution is 7.92. The van der Waals surface area contributed by atoms with Gasteiger partial charge in [0.2, 0.25) is 10.0 Å². The molecule has 0 aliphatic carbocycles. The number of hydrogen-bond donors (Lipinski definition) is 1. The third kappa shape index (κ3) is 4.09. The van der Waals surface area contributed by atoms with E-state index in [1.165, 1.54) is 10.6 Å². The van der Waals surface area contributed by atoms with E-state index in [1.54, 1.807) is 36.4 Å². The number of hydrogen-bond acceptors (Lipinski definition) is 4. The Morgan fingerprint density at radius 1 is 1.19 bits per heavy atom. The van der Waals surface area contributed by atoms with Crippen LogP contribution in [0.5, 0.6) is 0 Å². The predicted octanol–water partition coefficient (Wildman–Crippen LogP) is 1.48. The van der Waals surface area contributed by atoms with Gasteiger partial charge in [-0.15, -0.1) is 0 Å². The Bertz CT molecular complexity index is 681. The highest BCUT2D eigenvalue weighted by atomic mass is 32.2. The lowest BCUT2D eigenvalue weighted by Crippen LogP contribution is -2.38. The Hall–Kier alpha value is -2.28. The van der Waals surface area contributed by atoms with Crippen molar-refractivity contribution in [1.29, 1.82) is 0 Å². The number of furan rings is 1. The first-order chi connectivity index (χ1) is 9.98. The van der Waals surface area contributed by atoms with E-state index >= 15 is 0 Å². The van der Waals surface area contributed by atoms with Gasteiger partial charge in [0, 0.05) is 6.54 Å². The van der Waals surface area contributed by atoms with Crippen molar-refractivity contribution in [3.63, 3.8) is 0 Å². The molecular weight excluding hydrogens is 292 g/mol. The number of sulfonamides is 1. The molecule has 0 bridgehead atoms. The van der Waals surface area contributed by atoms with Crippen molar-refractivity contribution >= 4 is 21.6 Å². The number of amides is 1. The van der Waals surface area contributed by atoms with Crippen LogP contribution in [0.2, 0.25) is 0 Å². The second kappa shape index (κ2) is 6.45. The van der Waals surface area contributed by atoms with Gasteiger partial charge in [-0.05, 0) is 24.3 Å². The van der Waals surface area contributed by atoms with Crippen molar-refractivity contribution in [3.8, 4) is 0 Å². The molecule has 0 saturated heterocycles. The SMILES string of the molecule is CS(=O)(=O)N(CCNC(=O)c1ccco1)c1ccccc1. The smallest absolute Gasteiger partial charge is 0.287 e. The number of carbonyl (C=O) groups excluding carboxylic acids is 1. The number of nitrogens with one attached hydrogen (secondary N) is 1. The summed E-state index contributed by atoms with van der Waals surface area (Å²) in [7, 11) is -3.41. The van der Waals surface area contributed by atoms with E-state index in [2.05, 4.69) is 5.32 Å². The molecular formula is C14H16N2O4S. The Kier molecular flexibility index (Phi) is 4.64. The van der Waals surface area contributed by atoms with Crippen molar-refractivity contribution in [2.45, 2.75) is 0 Å². The normalized spacial score (nSPS) is 11.1. The van der Waals surface area contributed by atoms with E-state index < -0.39 is 10.0 Å². The second-order valence-electron chi connectivity index (χ2n) is 4.40. The molecule has 1 aromatic carbocycles. The van der Waals surface area contributed by atoms with Gasteiger partial charge in [-0.3, -0.25) is 9.10 Å². The topological polar surface area (TPSA) is 79.6 Å². The maximum atomic E-state index is 11.8. The van der Waals surface area contributed by atoms with E-state index in [4.69, 9.17) is 4.42 Å². The summed E-state index contributed by atoms with van der Waals surface area (Å²) in [5, 5.41) is 2.62. The summed E-state index contributed by atoms with van der Waals surface area (Å²) in [5.74, 6) is -0.179. The van der Waals surface area contributed by atoms with E-state index in [1.807, 2.05) is 6.07 Å². The fourth-order valence-corrected chi connectivity index (χ4v) is 2.77. The van der Waals surface area contributed by atoms with Crippen LogP contribution in [0.25, 0.3) is 0 Å². The highest BCUT2D eigenvalue weighted by Gasteiger charge is 2.17. The van der Waals surface area contributed by atoms with Crippen molar-refractivity contribution in [2.75, 3.05) is 23.7 Å². The van der Waals surface area contributed by atoms with E-state index in [-0.39, 0.29) is 24.8 Å². The fourth-order valence-electron chi connectivity index (χ4n) is 1.85. The van der Waals surface area contributed by atoms with E-state index in [0.29, 0.717) is 5.69 Å². The molecule has 112 valence electrons. The zero-order chi connectivity index (χ0) is 15.3. The van der Waals surface area contributed by atoms with Crippen molar-refractivity contribution in [2.24, 2.45) is 0 Å². The minimum absolute atomic E-state index is 0.148. The number of carbonyl (C=O) groups is 1. The Balaban J connectivity index is 2.00. The monoisotopic (exact) mass is 308 g/mol. The minimum atomic E-state index is -3.41. The fraction of sp³-hybridized carbons (Fsp3) is 0.214. The highest BCUT2D eigenvalue weighted by Crippen LogP contribution is 2.15. The average molecular weight is 308 g/mol. The molecule has 1 N–H and O–H groups in total. The van der Waals surface area contributed by atoms with Crippen molar-refractivity contribution < 1.29 is 17.6 Å². The van der Waals surface area contributed by atoms with Crippen molar-refractivity contribution in [1.82, 2.24) is 5.32 Å². The van der Waals surface area contributed by atoms with Crippen LogP contribution in [0, 0.1) is 0 Å². The largest absolute Gasteiger partial charge is 0.459 e. The summed E-state index contributed by atoms with van der Waals surface area (Å²) in [4.78, 5) is 11.7. The average Bonchev–Trinajstić information content (AvgIpc) is 2.97. The lowest BCUT2D eigenvalue weighted by atomic mass is 10.3. The number of para-hydroxylation sites is 1. The lowest BCUT2D eigenvalue weighted by molar-refractivity contribution is 0.0927. The van der Waals surface area contributed by atoms with Gasteiger partial charge >= 0.3 is 0 Å². The van der Waals surface area contributed by atoms with Crippen LogP contribution in [-0.4, -0.2) is 33.7 Å². The molecule has 0 saturated carbocycles. The van der Waals surface area contributed by atoms with Gasteiger partial charge in [0.25, 0.3) is 5.91 Å². The maximum Gasteiger partial charge on any atom is 0.287 e. The zero-order valence-corrected chi connectivity index (χ0v) is 12.3. The molecule has 21 heavy (non-hydrogen) atoms. The van der Waals surface area contributed by atoms with Crippen LogP contribution >= 0.6 is 0 Å². The van der Waals surface area contributed by atoms with Gasteiger partial charge < -0.3 is 9.73 Å². The second-order valence-corrected chi connectivity index (χ2v) is 6.31. The summed E-state index contributed by atoms with van der Waals surface area (Å²) < 4.78 is 29.9. The molecule has 6 nitrogen and oxygen atoms in total. The molecule has 1 aromatic heterocycles. The number of anilines is 1. The molecule has 0 unspecified atom stereocenters. The molecule has 0 radical (unpaired) electrons. The summed E-state index contributed by atoms with van der Waals surface area (Å²) in [5.41, 5.74) is 0.562. The zero-order valence-electron chi connectivity index (χ0n) is 11.5. The predicted molar refractivity (Wildman–Crippen MR) is 79.7 cm³/mol. The van der Waals surface area contributed by atoms with Gasteiger partial charge in [-0.25, -0.2) is 8.42 Å². The molecule has 0 fully saturated rings. The molecule has 0 aliphatic heterocycles. The van der Waals surface area contributed by atoms with Crippen LogP contribution in [-0.2, 0) is 10.0 Å². The number of nitrogens with zero attached hydrogens (tertiary/aromatic N) is 1. The first-order valence-electron chi connectivity index (χ1n) is 6.33. The van der Waals surface area contributed by atoms with Gasteiger partial charge in [-0.2, -0.15) is 0 Å². The molecule has 2 aromatic rings. The summed E-state index contributed by atoms with van der Waals surface area (Å²) in [6.45, 7) is 0.330. The molecule has 7 heteroatoms. The van der Waals surface area contributed by atoms with Crippen LogP contribution in [0.1, 0.15) is 10.6 Å². The Labute approximate surface area is 123 Å². The Morgan fingerprint density at radius 2 is 1.90 bits per heavy atom. The molecule has 0 spiro atoms. The van der Waals surface area contributed by atoms with Gasteiger partial charge in [0.15, 0.2) is 5.76 Å². The van der Waals surface area contributed by atoms with E-state index in [9.17, 15) is 13.2 Å². The van der Waals surface area contributed by atoms with E-state index in [0.717, 1.165) is 6.26 Å². The van der Waals surface area contributed by atoms with Gasteiger partial charge in [0.05, 0.1) is 24.8 Å². The third-order valence-electron chi connectivity index (χ3n) is 2.79. The molecule has 1 heterocycles. The molecule has 0 aliphatic rings. The quantitative estimate of drug-likeness (QED) is 0.876. The van der Waals surface area contributed by atoms with Crippen LogP contribution in [0.4, 0.5) is 5.69 Å². The van der Waals surface area contributed by atoms with Gasteiger partial charge in [0.1, 0.15) is 0 Å². The summed E-state index contributed by atoms with van der Waals surface area (Å²) >= 11 is 0. The molecule has 1 amide bonds. The summed E-state index contributed by atoms with van der Waals surface area (Å²) in [6, 6.07) is 11.9. The number of benzene rings is 1. The molecule has 0 atom stereocenters. The Morgan fingerprint density at radius 3 is 2.48 bits per heavy atom. The number of rotatable bonds is 6. The first-order valence-corrected chi connectivity index (χ1v) is 8.18. The summed E-state index contributed by atoms with van der Waals surface area (Å²) in [6.07, 6.45) is 2.54. The van der Waals surface area contributed by atoms with Crippen LogP contribution in [0.15, 0.2) is 53.1 Å². The first kappa shape index (κ1) is 15.1. The maximum absolute atomic E-state index is 11.8. The van der Waals surface area contributed by atoms with Crippen molar-refractivity contribution in [3.05, 3.63) is 54.5 Å². The third-order valence-corrected chi connectivity index (χ3v) is 3.98.